The summed E-state index contributed by atoms with van der Waals surface area (Å²) in [6, 6.07) is 9.26. The van der Waals surface area contributed by atoms with Crippen LogP contribution in [0.3, 0.4) is 0 Å². The number of hydrogen-bond acceptors (Lipinski definition) is 2. The van der Waals surface area contributed by atoms with Crippen LogP contribution >= 0.6 is 11.6 Å². The van der Waals surface area contributed by atoms with Crippen LogP contribution in [-0.2, 0) is 6.54 Å². The summed E-state index contributed by atoms with van der Waals surface area (Å²) in [4.78, 5) is 17.2. The van der Waals surface area contributed by atoms with Crippen LogP contribution in [0.5, 0.6) is 0 Å². The molecule has 0 spiro atoms. The molecule has 0 aliphatic rings. The molecule has 0 atom stereocenters. The van der Waals surface area contributed by atoms with E-state index in [9.17, 15) is 4.79 Å². The molecule has 0 aliphatic carbocycles. The summed E-state index contributed by atoms with van der Waals surface area (Å²) in [5, 5.41) is 0.692. The van der Waals surface area contributed by atoms with Crippen LogP contribution in [0.25, 0.3) is 17.0 Å². The second-order valence-corrected chi connectivity index (χ2v) is 7.99. The Balaban J connectivity index is 1.71. The van der Waals surface area contributed by atoms with Crippen molar-refractivity contribution in [3.05, 3.63) is 57.6 Å². The molecule has 1 aromatic carbocycles. The zero-order valence-electron chi connectivity index (χ0n) is 17.0. The molecule has 0 bridgehead atoms. The third-order valence-electron chi connectivity index (χ3n) is 5.30. The number of benzene rings is 1. The second-order valence-electron chi connectivity index (χ2n) is 7.55. The van der Waals surface area contributed by atoms with E-state index in [2.05, 4.69) is 11.5 Å². The Morgan fingerprint density at radius 1 is 0.964 bits per heavy atom. The minimum atomic E-state index is -0.0348. The molecule has 0 amide bonds. The van der Waals surface area contributed by atoms with Gasteiger partial charge >= 0.3 is 0 Å². The van der Waals surface area contributed by atoms with Crippen molar-refractivity contribution < 1.29 is 0 Å². The monoisotopic (exact) mass is 399 g/mol. The molecule has 2 aromatic heterocycles. The Hall–Kier alpha value is -2.07. The van der Waals surface area contributed by atoms with E-state index < -0.39 is 0 Å². The summed E-state index contributed by atoms with van der Waals surface area (Å²) in [6.45, 7) is 5.13. The fraction of sp³-hybridized carbons (Fsp3) is 0.478. The Morgan fingerprint density at radius 3 is 2.29 bits per heavy atom. The topological polar surface area (TPSA) is 39.3 Å². The lowest BCUT2D eigenvalue weighted by Crippen LogP contribution is -2.18. The number of nitrogens with zero attached hydrogens (tertiary/aromatic N) is 3. The van der Waals surface area contributed by atoms with Crippen molar-refractivity contribution in [2.45, 2.75) is 71.8 Å². The van der Waals surface area contributed by atoms with Gasteiger partial charge in [0.05, 0.1) is 5.69 Å². The van der Waals surface area contributed by atoms with Gasteiger partial charge in [-0.25, -0.2) is 4.98 Å². The zero-order valence-corrected chi connectivity index (χ0v) is 17.7. The number of fused-ring (bicyclic) bond motifs is 1. The van der Waals surface area contributed by atoms with E-state index in [0.29, 0.717) is 5.02 Å². The molecule has 2 heterocycles. The Morgan fingerprint density at radius 2 is 1.61 bits per heavy atom. The van der Waals surface area contributed by atoms with Gasteiger partial charge in [0.25, 0.3) is 5.56 Å². The molecule has 4 nitrogen and oxygen atoms in total. The SMILES string of the molecule is CCCCCCCCCCn1c(C)cc(=O)n2cc(-c3ccc(Cl)cc3)nc12. The summed E-state index contributed by atoms with van der Waals surface area (Å²) >= 11 is 5.99. The maximum atomic E-state index is 12.4. The van der Waals surface area contributed by atoms with Crippen molar-refractivity contribution in [1.82, 2.24) is 14.0 Å². The highest BCUT2D eigenvalue weighted by Gasteiger charge is 2.11. The van der Waals surface area contributed by atoms with Gasteiger partial charge in [-0.1, -0.05) is 75.6 Å². The van der Waals surface area contributed by atoms with Crippen LogP contribution in [0, 0.1) is 6.92 Å². The first-order valence-corrected chi connectivity index (χ1v) is 10.8. The summed E-state index contributed by atoms with van der Waals surface area (Å²) < 4.78 is 3.82. The van der Waals surface area contributed by atoms with E-state index in [0.717, 1.165) is 35.7 Å². The number of halogens is 1. The summed E-state index contributed by atoms with van der Waals surface area (Å²) in [5.41, 5.74) is 2.69. The van der Waals surface area contributed by atoms with Crippen molar-refractivity contribution in [2.24, 2.45) is 0 Å². The molecule has 3 aromatic rings. The molecule has 0 aliphatic heterocycles. The van der Waals surface area contributed by atoms with E-state index >= 15 is 0 Å². The van der Waals surface area contributed by atoms with E-state index in [1.54, 1.807) is 10.5 Å². The molecule has 0 unspecified atom stereocenters. The minimum absolute atomic E-state index is 0.0348. The standard InChI is InChI=1S/C23H30ClN3O/c1-3-4-5-6-7-8-9-10-15-26-18(2)16-22(28)27-17-21(25-23(26)27)19-11-13-20(24)14-12-19/h11-14,16-17H,3-10,15H2,1-2H3. The van der Waals surface area contributed by atoms with Crippen molar-refractivity contribution in [2.75, 3.05) is 0 Å². The fourth-order valence-corrected chi connectivity index (χ4v) is 3.77. The summed E-state index contributed by atoms with van der Waals surface area (Å²) in [7, 11) is 0. The van der Waals surface area contributed by atoms with Crippen LogP contribution in [0.2, 0.25) is 5.02 Å². The van der Waals surface area contributed by atoms with Crippen molar-refractivity contribution >= 4 is 17.4 Å². The molecule has 0 N–H and O–H groups in total. The van der Waals surface area contributed by atoms with E-state index in [1.165, 1.54) is 44.9 Å². The molecule has 28 heavy (non-hydrogen) atoms. The molecule has 5 heteroatoms. The highest BCUT2D eigenvalue weighted by Crippen LogP contribution is 2.21. The molecular formula is C23H30ClN3O. The number of aryl methyl sites for hydroxylation is 2. The molecule has 0 saturated heterocycles. The van der Waals surface area contributed by atoms with Gasteiger partial charge in [0.2, 0.25) is 5.78 Å². The third-order valence-corrected chi connectivity index (χ3v) is 5.55. The maximum absolute atomic E-state index is 12.4. The molecule has 0 saturated carbocycles. The lowest BCUT2D eigenvalue weighted by Gasteiger charge is -2.11. The van der Waals surface area contributed by atoms with Crippen LogP contribution in [0.15, 0.2) is 41.3 Å². The van der Waals surface area contributed by atoms with Crippen molar-refractivity contribution in [1.29, 1.82) is 0 Å². The van der Waals surface area contributed by atoms with Gasteiger partial charge in [-0.15, -0.1) is 0 Å². The lowest BCUT2D eigenvalue weighted by atomic mass is 10.1. The number of unbranched alkanes of at least 4 members (excludes halogenated alkanes) is 7. The fourth-order valence-electron chi connectivity index (χ4n) is 3.65. The molecule has 0 fully saturated rings. The quantitative estimate of drug-likeness (QED) is 0.377. The highest BCUT2D eigenvalue weighted by atomic mass is 35.5. The van der Waals surface area contributed by atoms with Crippen LogP contribution in [-0.4, -0.2) is 14.0 Å². The van der Waals surface area contributed by atoms with Crippen molar-refractivity contribution in [3.8, 4) is 11.3 Å². The second kappa shape index (κ2) is 9.92. The highest BCUT2D eigenvalue weighted by molar-refractivity contribution is 6.30. The predicted octanol–water partition coefficient (Wildman–Crippen LogP) is 6.27. The summed E-state index contributed by atoms with van der Waals surface area (Å²) in [6.07, 6.45) is 12.1. The van der Waals surface area contributed by atoms with Gasteiger partial charge in [0.1, 0.15) is 0 Å². The molecular weight excluding hydrogens is 370 g/mol. The first-order chi connectivity index (χ1) is 13.6. The number of rotatable bonds is 10. The van der Waals surface area contributed by atoms with Gasteiger partial charge in [0.15, 0.2) is 0 Å². The van der Waals surface area contributed by atoms with Crippen molar-refractivity contribution in [3.63, 3.8) is 0 Å². The number of aromatic nitrogens is 3. The normalized spacial score (nSPS) is 11.4. The van der Waals surface area contributed by atoms with Crippen LogP contribution in [0.4, 0.5) is 0 Å². The number of hydrogen-bond donors (Lipinski definition) is 0. The largest absolute Gasteiger partial charge is 0.315 e. The number of imidazole rings is 1. The smallest absolute Gasteiger partial charge is 0.259 e. The van der Waals surface area contributed by atoms with E-state index in [1.807, 2.05) is 37.4 Å². The van der Waals surface area contributed by atoms with Gasteiger partial charge in [0, 0.05) is 35.1 Å². The van der Waals surface area contributed by atoms with Crippen LogP contribution < -0.4 is 5.56 Å². The van der Waals surface area contributed by atoms with Gasteiger partial charge in [-0.05, 0) is 25.5 Å². The molecule has 3 rings (SSSR count). The Labute approximate surface area is 172 Å². The van der Waals surface area contributed by atoms with E-state index in [-0.39, 0.29) is 5.56 Å². The van der Waals surface area contributed by atoms with E-state index in [4.69, 9.17) is 16.6 Å². The Bertz CT molecular complexity index is 956. The molecule has 150 valence electrons. The maximum Gasteiger partial charge on any atom is 0.259 e. The average molecular weight is 400 g/mol. The Kier molecular flexibility index (Phi) is 7.32. The lowest BCUT2D eigenvalue weighted by molar-refractivity contribution is 0.540. The first-order valence-electron chi connectivity index (χ1n) is 10.5. The van der Waals surface area contributed by atoms with Crippen LogP contribution in [0.1, 0.15) is 64.0 Å². The van der Waals surface area contributed by atoms with Gasteiger partial charge < -0.3 is 4.57 Å². The average Bonchev–Trinajstić information content (AvgIpc) is 3.12. The minimum Gasteiger partial charge on any atom is -0.315 e. The summed E-state index contributed by atoms with van der Waals surface area (Å²) in [5.74, 6) is 0.720. The molecule has 0 radical (unpaired) electrons. The van der Waals surface area contributed by atoms with Gasteiger partial charge in [-0.2, -0.15) is 0 Å². The first kappa shape index (κ1) is 20.7. The predicted molar refractivity (Wildman–Crippen MR) is 117 cm³/mol. The third kappa shape index (κ3) is 5.05. The zero-order chi connectivity index (χ0) is 19.9. The van der Waals surface area contributed by atoms with Gasteiger partial charge in [-0.3, -0.25) is 9.20 Å².